The number of rotatable bonds is 8. The molecular formula is C28H37N5OS. The first kappa shape index (κ1) is 24.2. The Morgan fingerprint density at radius 2 is 1.91 bits per heavy atom. The molecule has 1 atom stereocenters. The number of pyridine rings is 1. The Bertz CT molecular complexity index is 1150. The molecule has 2 aromatic heterocycles. The smallest absolute Gasteiger partial charge is 0.270 e. The molecule has 6 nitrogen and oxygen atoms in total. The van der Waals surface area contributed by atoms with Gasteiger partial charge in [0.2, 0.25) is 0 Å². The highest BCUT2D eigenvalue weighted by Gasteiger charge is 2.28. The van der Waals surface area contributed by atoms with Crippen molar-refractivity contribution in [2.24, 2.45) is 5.92 Å². The van der Waals surface area contributed by atoms with Crippen molar-refractivity contribution in [1.29, 1.82) is 0 Å². The fraction of sp³-hybridized carbons (Fsp3) is 0.536. The number of aryl methyl sites for hydroxylation is 1. The van der Waals surface area contributed by atoms with Crippen LogP contribution in [0.2, 0.25) is 0 Å². The summed E-state index contributed by atoms with van der Waals surface area (Å²) in [6, 6.07) is 12.6. The maximum atomic E-state index is 12.8. The Balaban J connectivity index is 1.09. The average molecular weight is 492 g/mol. The van der Waals surface area contributed by atoms with E-state index in [-0.39, 0.29) is 11.9 Å². The zero-order valence-corrected chi connectivity index (χ0v) is 21.5. The Hall–Kier alpha value is -2.51. The van der Waals surface area contributed by atoms with Crippen LogP contribution in [-0.2, 0) is 12.8 Å². The number of amides is 1. The van der Waals surface area contributed by atoms with Gasteiger partial charge >= 0.3 is 0 Å². The molecule has 2 aliphatic carbocycles. The van der Waals surface area contributed by atoms with E-state index in [4.69, 9.17) is 5.73 Å². The standard InChI is InChI=1S/C28H37N5OS/c1-2-16-33(22-12-14-24-26(18-22)35-28(29)32-24)17-15-19-7-10-21(11-8-19)30-27(34)25-13-9-20-5-3-4-6-23(20)31-25/h3-6,9,13,19,21-22H,2,7-8,10-12,14-18H2,1H3,(H2,29,32)(H,30,34)/t19?,21?,22-/m0/s1. The number of hydrogen-bond donors (Lipinski definition) is 2. The Kier molecular flexibility index (Phi) is 7.63. The first-order valence-electron chi connectivity index (χ1n) is 13.2. The van der Waals surface area contributed by atoms with Crippen LogP contribution in [-0.4, -0.2) is 45.9 Å². The third-order valence-corrected chi connectivity index (χ3v) is 8.74. The van der Waals surface area contributed by atoms with Crippen molar-refractivity contribution in [3.63, 3.8) is 0 Å². The molecule has 5 rings (SSSR count). The van der Waals surface area contributed by atoms with Crippen molar-refractivity contribution in [2.45, 2.75) is 76.8 Å². The van der Waals surface area contributed by atoms with Crippen LogP contribution in [0.15, 0.2) is 36.4 Å². The molecule has 1 saturated carbocycles. The summed E-state index contributed by atoms with van der Waals surface area (Å²) in [4.78, 5) is 26.0. The van der Waals surface area contributed by atoms with E-state index >= 15 is 0 Å². The van der Waals surface area contributed by atoms with E-state index in [0.29, 0.717) is 11.7 Å². The number of hydrogen-bond acceptors (Lipinski definition) is 6. The second-order valence-electron chi connectivity index (χ2n) is 10.2. The molecule has 7 heteroatoms. The summed E-state index contributed by atoms with van der Waals surface area (Å²) in [6.45, 7) is 4.62. The minimum absolute atomic E-state index is 0.0475. The van der Waals surface area contributed by atoms with E-state index in [0.717, 1.165) is 47.6 Å². The third kappa shape index (κ3) is 5.84. The SMILES string of the molecule is CCCN(CCC1CCC(NC(=O)c2ccc3ccccc3n2)CC1)[C@H]1CCc2nc(N)sc2C1. The van der Waals surface area contributed by atoms with Gasteiger partial charge in [-0.2, -0.15) is 0 Å². The number of para-hydroxylation sites is 1. The number of nitrogens with one attached hydrogen (secondary N) is 1. The van der Waals surface area contributed by atoms with Gasteiger partial charge < -0.3 is 16.0 Å². The molecule has 1 amide bonds. The van der Waals surface area contributed by atoms with Crippen LogP contribution in [0.25, 0.3) is 10.9 Å². The summed E-state index contributed by atoms with van der Waals surface area (Å²) in [5, 5.41) is 5.02. The molecule has 2 heterocycles. The molecular weight excluding hydrogens is 454 g/mol. The van der Waals surface area contributed by atoms with Gasteiger partial charge in [-0.05, 0) is 88.9 Å². The van der Waals surface area contributed by atoms with E-state index < -0.39 is 0 Å². The van der Waals surface area contributed by atoms with E-state index in [9.17, 15) is 4.79 Å². The largest absolute Gasteiger partial charge is 0.375 e. The molecule has 186 valence electrons. The van der Waals surface area contributed by atoms with Crippen molar-refractivity contribution < 1.29 is 4.79 Å². The normalized spacial score (nSPS) is 22.3. The van der Waals surface area contributed by atoms with E-state index in [1.165, 1.54) is 55.8 Å². The predicted molar refractivity (Wildman–Crippen MR) is 144 cm³/mol. The van der Waals surface area contributed by atoms with Crippen molar-refractivity contribution >= 4 is 33.3 Å². The van der Waals surface area contributed by atoms with Crippen LogP contribution in [0.4, 0.5) is 5.13 Å². The molecule has 0 bridgehead atoms. The summed E-state index contributed by atoms with van der Waals surface area (Å²) in [5.41, 5.74) is 8.57. The van der Waals surface area contributed by atoms with Crippen molar-refractivity contribution in [3.8, 4) is 0 Å². The lowest BCUT2D eigenvalue weighted by molar-refractivity contribution is 0.0913. The van der Waals surface area contributed by atoms with E-state index in [2.05, 4.69) is 27.1 Å². The Morgan fingerprint density at radius 3 is 2.74 bits per heavy atom. The highest BCUT2D eigenvalue weighted by Crippen LogP contribution is 2.32. The number of nitrogens with two attached hydrogens (primary N) is 1. The summed E-state index contributed by atoms with van der Waals surface area (Å²) in [6.07, 6.45) is 10.3. The molecule has 0 spiro atoms. The Morgan fingerprint density at radius 1 is 1.09 bits per heavy atom. The van der Waals surface area contributed by atoms with Gasteiger partial charge in [0, 0.05) is 22.3 Å². The Labute approximate surface area is 212 Å². The fourth-order valence-corrected chi connectivity index (χ4v) is 6.80. The minimum atomic E-state index is -0.0475. The number of anilines is 1. The van der Waals surface area contributed by atoms with Crippen molar-refractivity contribution in [1.82, 2.24) is 20.2 Å². The molecule has 3 N–H and O–H groups in total. The van der Waals surface area contributed by atoms with Gasteiger partial charge in [-0.1, -0.05) is 31.2 Å². The fourth-order valence-electron chi connectivity index (χ4n) is 5.85. The number of carbonyl (C=O) groups excluding carboxylic acids is 1. The van der Waals surface area contributed by atoms with Gasteiger partial charge in [0.1, 0.15) is 5.69 Å². The molecule has 0 saturated heterocycles. The van der Waals surface area contributed by atoms with Crippen LogP contribution in [0.3, 0.4) is 0 Å². The van der Waals surface area contributed by atoms with Gasteiger partial charge in [0.05, 0.1) is 11.2 Å². The van der Waals surface area contributed by atoms with Crippen LogP contribution in [0, 0.1) is 5.92 Å². The van der Waals surface area contributed by atoms with E-state index in [1.54, 1.807) is 11.3 Å². The topological polar surface area (TPSA) is 84.1 Å². The second kappa shape index (κ2) is 11.0. The first-order valence-corrected chi connectivity index (χ1v) is 14.1. The summed E-state index contributed by atoms with van der Waals surface area (Å²) in [7, 11) is 0. The predicted octanol–water partition coefficient (Wildman–Crippen LogP) is 5.22. The molecule has 0 radical (unpaired) electrons. The second-order valence-corrected chi connectivity index (χ2v) is 11.3. The number of fused-ring (bicyclic) bond motifs is 2. The number of nitrogens with zero attached hydrogens (tertiary/aromatic N) is 3. The average Bonchev–Trinajstić information content (AvgIpc) is 3.26. The maximum Gasteiger partial charge on any atom is 0.270 e. The van der Waals surface area contributed by atoms with Crippen LogP contribution >= 0.6 is 11.3 Å². The third-order valence-electron chi connectivity index (χ3n) is 7.79. The van der Waals surface area contributed by atoms with Gasteiger partial charge in [0.25, 0.3) is 5.91 Å². The maximum absolute atomic E-state index is 12.8. The van der Waals surface area contributed by atoms with Gasteiger partial charge in [-0.3, -0.25) is 4.79 Å². The zero-order valence-electron chi connectivity index (χ0n) is 20.7. The number of thiazole rings is 1. The molecule has 0 aliphatic heterocycles. The summed E-state index contributed by atoms with van der Waals surface area (Å²) in [5.74, 6) is 0.702. The number of aromatic nitrogens is 2. The van der Waals surface area contributed by atoms with Gasteiger partial charge in [-0.15, -0.1) is 11.3 Å². The summed E-state index contributed by atoms with van der Waals surface area (Å²) < 4.78 is 0. The molecule has 3 aromatic rings. The molecule has 1 aromatic carbocycles. The monoisotopic (exact) mass is 491 g/mol. The van der Waals surface area contributed by atoms with Gasteiger partial charge in [0.15, 0.2) is 5.13 Å². The number of benzene rings is 1. The zero-order chi connectivity index (χ0) is 24.2. The summed E-state index contributed by atoms with van der Waals surface area (Å²) >= 11 is 1.68. The lowest BCUT2D eigenvalue weighted by atomic mass is 9.83. The molecule has 1 fully saturated rings. The van der Waals surface area contributed by atoms with Crippen LogP contribution in [0.1, 0.15) is 72.9 Å². The number of nitrogen functional groups attached to an aromatic ring is 1. The van der Waals surface area contributed by atoms with Crippen molar-refractivity contribution in [3.05, 3.63) is 52.7 Å². The minimum Gasteiger partial charge on any atom is -0.375 e. The van der Waals surface area contributed by atoms with Gasteiger partial charge in [-0.25, -0.2) is 9.97 Å². The number of carbonyl (C=O) groups is 1. The molecule has 0 unspecified atom stereocenters. The van der Waals surface area contributed by atoms with Crippen LogP contribution in [0.5, 0.6) is 0 Å². The van der Waals surface area contributed by atoms with Crippen LogP contribution < -0.4 is 11.1 Å². The highest BCUT2D eigenvalue weighted by atomic mass is 32.1. The molecule has 2 aliphatic rings. The van der Waals surface area contributed by atoms with E-state index in [1.807, 2.05) is 36.4 Å². The lowest BCUT2D eigenvalue weighted by Crippen LogP contribution is -2.41. The first-order chi connectivity index (χ1) is 17.1. The highest BCUT2D eigenvalue weighted by molar-refractivity contribution is 7.15. The quantitative estimate of drug-likeness (QED) is 0.451. The molecule has 35 heavy (non-hydrogen) atoms. The lowest BCUT2D eigenvalue weighted by Gasteiger charge is -2.36. The van der Waals surface area contributed by atoms with Crippen molar-refractivity contribution in [2.75, 3.05) is 18.8 Å².